The molecule has 3 heteroatoms. The van der Waals surface area contributed by atoms with Gasteiger partial charge in [0.25, 0.3) is 0 Å². The van der Waals surface area contributed by atoms with Crippen molar-refractivity contribution in [3.63, 3.8) is 0 Å². The summed E-state index contributed by atoms with van der Waals surface area (Å²) >= 11 is 0. The first-order valence-electron chi connectivity index (χ1n) is 6.69. The first-order chi connectivity index (χ1) is 8.47. The average molecular weight is 253 g/mol. The Hall–Kier alpha value is -0.960. The fourth-order valence-corrected chi connectivity index (χ4v) is 2.32. The van der Waals surface area contributed by atoms with Gasteiger partial charge in [0.15, 0.2) is 0 Å². The molecule has 1 saturated carbocycles. The monoisotopic (exact) mass is 253 g/mol. The summed E-state index contributed by atoms with van der Waals surface area (Å²) in [5.41, 5.74) is 1.12. The van der Waals surface area contributed by atoms with E-state index in [0.717, 1.165) is 12.5 Å². The highest BCUT2D eigenvalue weighted by Crippen LogP contribution is 2.38. The quantitative estimate of drug-likeness (QED) is 0.832. The van der Waals surface area contributed by atoms with Crippen molar-refractivity contribution >= 4 is 0 Å². The van der Waals surface area contributed by atoms with Crippen LogP contribution in [0.25, 0.3) is 0 Å². The molecule has 18 heavy (non-hydrogen) atoms. The van der Waals surface area contributed by atoms with E-state index in [0.29, 0.717) is 23.1 Å². The highest BCUT2D eigenvalue weighted by molar-refractivity contribution is 5.28. The number of benzene rings is 1. The first-order valence-corrected chi connectivity index (χ1v) is 6.69. The largest absolute Gasteiger partial charge is 0.308 e. The number of halogens is 2. The summed E-state index contributed by atoms with van der Waals surface area (Å²) in [5, 5.41) is 3.39. The lowest BCUT2D eigenvalue weighted by molar-refractivity contribution is 0.416. The van der Waals surface area contributed by atoms with Crippen LogP contribution < -0.4 is 5.32 Å². The first kappa shape index (κ1) is 13.5. The molecule has 0 heterocycles. The van der Waals surface area contributed by atoms with Crippen LogP contribution in [0.3, 0.4) is 0 Å². The van der Waals surface area contributed by atoms with Crippen molar-refractivity contribution in [3.8, 4) is 0 Å². The van der Waals surface area contributed by atoms with Gasteiger partial charge in [-0.15, -0.1) is 0 Å². The Labute approximate surface area is 108 Å². The van der Waals surface area contributed by atoms with E-state index >= 15 is 0 Å². The Balaban J connectivity index is 2.25. The third-order valence-corrected chi connectivity index (χ3v) is 3.45. The summed E-state index contributed by atoms with van der Waals surface area (Å²) in [5.74, 6) is -0.200. The van der Waals surface area contributed by atoms with E-state index in [1.54, 1.807) is 13.0 Å². The molecule has 1 atom stereocenters. The van der Waals surface area contributed by atoms with Gasteiger partial charge in [-0.2, -0.15) is 0 Å². The van der Waals surface area contributed by atoms with Gasteiger partial charge in [0.05, 0.1) is 0 Å². The van der Waals surface area contributed by atoms with E-state index in [1.165, 1.54) is 12.8 Å². The highest BCUT2D eigenvalue weighted by atomic mass is 19.1. The number of nitrogens with one attached hydrogen (secondary N) is 1. The molecule has 100 valence electrons. The second-order valence-electron chi connectivity index (χ2n) is 5.68. The summed E-state index contributed by atoms with van der Waals surface area (Å²) in [6, 6.07) is 2.94. The molecule has 1 fully saturated rings. The Morgan fingerprint density at radius 1 is 1.22 bits per heavy atom. The van der Waals surface area contributed by atoms with Gasteiger partial charge in [-0.05, 0) is 30.9 Å². The van der Waals surface area contributed by atoms with Crippen LogP contribution in [-0.2, 0) is 0 Å². The number of hydrogen-bond acceptors (Lipinski definition) is 1. The molecule has 2 rings (SSSR count). The molecular weight excluding hydrogens is 232 g/mol. The van der Waals surface area contributed by atoms with Crippen LogP contribution in [0.4, 0.5) is 8.78 Å². The third kappa shape index (κ3) is 3.29. The molecule has 1 aromatic carbocycles. The maximum Gasteiger partial charge on any atom is 0.130 e. The summed E-state index contributed by atoms with van der Waals surface area (Å²) in [7, 11) is 0. The van der Waals surface area contributed by atoms with Crippen LogP contribution in [0.15, 0.2) is 12.1 Å². The predicted molar refractivity (Wildman–Crippen MR) is 69.4 cm³/mol. The fourth-order valence-electron chi connectivity index (χ4n) is 2.32. The topological polar surface area (TPSA) is 12.0 Å². The molecule has 0 bridgehead atoms. The standard InChI is InChI=1S/C15H21F2N/c1-9(2)18-15(7-11-4-5-11)12-6-10(3)13(16)8-14(12)17/h6,8-9,11,15,18H,4-5,7H2,1-3H3. The molecule has 1 aliphatic carbocycles. The van der Waals surface area contributed by atoms with Gasteiger partial charge in [0, 0.05) is 23.7 Å². The molecule has 0 saturated heterocycles. The van der Waals surface area contributed by atoms with Gasteiger partial charge in [-0.3, -0.25) is 0 Å². The fraction of sp³-hybridized carbons (Fsp3) is 0.600. The van der Waals surface area contributed by atoms with Crippen LogP contribution in [0, 0.1) is 24.5 Å². The van der Waals surface area contributed by atoms with E-state index in [9.17, 15) is 8.78 Å². The second-order valence-corrected chi connectivity index (χ2v) is 5.68. The van der Waals surface area contributed by atoms with Crippen LogP contribution in [-0.4, -0.2) is 6.04 Å². The van der Waals surface area contributed by atoms with Gasteiger partial charge in [-0.1, -0.05) is 26.7 Å². The maximum absolute atomic E-state index is 13.9. The smallest absolute Gasteiger partial charge is 0.130 e. The number of aryl methyl sites for hydroxylation is 1. The zero-order valence-corrected chi connectivity index (χ0v) is 11.3. The van der Waals surface area contributed by atoms with E-state index in [1.807, 2.05) is 13.8 Å². The zero-order chi connectivity index (χ0) is 13.3. The molecule has 0 amide bonds. The third-order valence-electron chi connectivity index (χ3n) is 3.45. The highest BCUT2D eigenvalue weighted by Gasteiger charge is 2.28. The van der Waals surface area contributed by atoms with E-state index in [-0.39, 0.29) is 6.04 Å². The van der Waals surface area contributed by atoms with Gasteiger partial charge in [0.2, 0.25) is 0 Å². The van der Waals surface area contributed by atoms with Crippen molar-refractivity contribution in [2.24, 2.45) is 5.92 Å². The van der Waals surface area contributed by atoms with Crippen LogP contribution >= 0.6 is 0 Å². The Morgan fingerprint density at radius 2 is 1.89 bits per heavy atom. The lowest BCUT2D eigenvalue weighted by atomic mass is 9.98. The number of hydrogen-bond donors (Lipinski definition) is 1. The normalized spacial score (nSPS) is 17.2. The van der Waals surface area contributed by atoms with Crippen molar-refractivity contribution < 1.29 is 8.78 Å². The molecular formula is C15H21F2N. The minimum Gasteiger partial charge on any atom is -0.308 e. The van der Waals surface area contributed by atoms with Gasteiger partial charge >= 0.3 is 0 Å². The zero-order valence-electron chi connectivity index (χ0n) is 11.3. The molecule has 1 aliphatic rings. The number of rotatable bonds is 5. The maximum atomic E-state index is 13.9. The lowest BCUT2D eigenvalue weighted by Gasteiger charge is -2.22. The van der Waals surface area contributed by atoms with Crippen molar-refractivity contribution in [2.75, 3.05) is 0 Å². The van der Waals surface area contributed by atoms with E-state index in [2.05, 4.69) is 5.32 Å². The molecule has 0 radical (unpaired) electrons. The summed E-state index contributed by atoms with van der Waals surface area (Å²) in [6.45, 7) is 5.78. The minimum atomic E-state index is -0.467. The van der Waals surface area contributed by atoms with Crippen molar-refractivity contribution in [3.05, 3.63) is 34.9 Å². The Bertz CT molecular complexity index is 421. The lowest BCUT2D eigenvalue weighted by Crippen LogP contribution is -2.29. The summed E-state index contributed by atoms with van der Waals surface area (Å²) in [6.07, 6.45) is 3.41. The Kier molecular flexibility index (Phi) is 4.00. The average Bonchev–Trinajstić information content (AvgIpc) is 3.06. The SMILES string of the molecule is Cc1cc(C(CC2CC2)NC(C)C)c(F)cc1F. The van der Waals surface area contributed by atoms with Crippen LogP contribution in [0.5, 0.6) is 0 Å². The predicted octanol–water partition coefficient (Wildman–Crippen LogP) is 4.11. The van der Waals surface area contributed by atoms with E-state index in [4.69, 9.17) is 0 Å². The van der Waals surface area contributed by atoms with Crippen molar-refractivity contribution in [2.45, 2.75) is 52.1 Å². The molecule has 1 N–H and O–H groups in total. The molecule has 0 spiro atoms. The summed E-state index contributed by atoms with van der Waals surface area (Å²) < 4.78 is 27.2. The Morgan fingerprint density at radius 3 is 2.44 bits per heavy atom. The van der Waals surface area contributed by atoms with Gasteiger partial charge < -0.3 is 5.32 Å². The molecule has 1 nitrogen and oxygen atoms in total. The van der Waals surface area contributed by atoms with Gasteiger partial charge in [0.1, 0.15) is 11.6 Å². The molecule has 0 aliphatic heterocycles. The molecule has 1 aromatic rings. The van der Waals surface area contributed by atoms with Crippen LogP contribution in [0.1, 0.15) is 50.3 Å². The van der Waals surface area contributed by atoms with Crippen molar-refractivity contribution in [1.82, 2.24) is 5.32 Å². The van der Waals surface area contributed by atoms with Crippen molar-refractivity contribution in [1.29, 1.82) is 0 Å². The molecule has 1 unspecified atom stereocenters. The summed E-state index contributed by atoms with van der Waals surface area (Å²) in [4.78, 5) is 0. The van der Waals surface area contributed by atoms with Gasteiger partial charge in [-0.25, -0.2) is 8.78 Å². The van der Waals surface area contributed by atoms with E-state index < -0.39 is 11.6 Å². The minimum absolute atomic E-state index is 0.00296. The molecule has 0 aromatic heterocycles. The van der Waals surface area contributed by atoms with Crippen LogP contribution in [0.2, 0.25) is 0 Å². The second kappa shape index (κ2) is 5.35.